The van der Waals surface area contributed by atoms with Crippen molar-refractivity contribution in [3.63, 3.8) is 0 Å². The van der Waals surface area contributed by atoms with E-state index in [1.165, 1.54) is 0 Å². The quantitative estimate of drug-likeness (QED) is 0.616. The maximum atomic E-state index is 5.40. The van der Waals surface area contributed by atoms with Crippen LogP contribution in [0.1, 0.15) is 17.1 Å². The lowest BCUT2D eigenvalue weighted by Gasteiger charge is -2.07. The van der Waals surface area contributed by atoms with Gasteiger partial charge in [-0.25, -0.2) is 15.8 Å². The van der Waals surface area contributed by atoms with Crippen LogP contribution in [-0.2, 0) is 17.8 Å². The van der Waals surface area contributed by atoms with Crippen molar-refractivity contribution < 1.29 is 4.74 Å². The number of nitrogens with zero attached hydrogens (tertiary/aromatic N) is 2. The van der Waals surface area contributed by atoms with E-state index in [9.17, 15) is 0 Å². The summed E-state index contributed by atoms with van der Waals surface area (Å²) in [5.74, 6) is 6.72. The second-order valence-corrected chi connectivity index (χ2v) is 3.90. The Morgan fingerprint density at radius 2 is 2.00 bits per heavy atom. The molecule has 2 rings (SSSR count). The van der Waals surface area contributed by atoms with Crippen LogP contribution >= 0.6 is 0 Å². The van der Waals surface area contributed by atoms with Crippen molar-refractivity contribution >= 4 is 5.82 Å². The highest BCUT2D eigenvalue weighted by Gasteiger charge is 2.05. The van der Waals surface area contributed by atoms with Gasteiger partial charge < -0.3 is 10.2 Å². The topological polar surface area (TPSA) is 73.1 Å². The third-order valence-corrected chi connectivity index (χ3v) is 2.47. The zero-order chi connectivity index (χ0) is 12.8. The summed E-state index contributed by atoms with van der Waals surface area (Å²) in [6, 6.07) is 11.8. The van der Waals surface area contributed by atoms with Crippen LogP contribution < -0.4 is 11.3 Å². The molecule has 1 aromatic carbocycles. The van der Waals surface area contributed by atoms with Gasteiger partial charge in [-0.05, 0) is 5.56 Å². The van der Waals surface area contributed by atoms with E-state index in [1.54, 1.807) is 13.2 Å². The average molecular weight is 244 g/mol. The van der Waals surface area contributed by atoms with Crippen molar-refractivity contribution in [2.45, 2.75) is 13.0 Å². The van der Waals surface area contributed by atoms with Gasteiger partial charge >= 0.3 is 0 Å². The summed E-state index contributed by atoms with van der Waals surface area (Å²) in [5, 5.41) is 0. The second kappa shape index (κ2) is 6.09. The number of rotatable bonds is 5. The molecule has 0 aliphatic heterocycles. The fraction of sp³-hybridized carbons (Fsp3) is 0.231. The molecule has 0 spiro atoms. The second-order valence-electron chi connectivity index (χ2n) is 3.90. The van der Waals surface area contributed by atoms with Crippen LogP contribution in [0.25, 0.3) is 0 Å². The minimum absolute atomic E-state index is 0.443. The molecule has 0 atom stereocenters. The van der Waals surface area contributed by atoms with Crippen molar-refractivity contribution in [2.24, 2.45) is 5.84 Å². The number of anilines is 1. The first kappa shape index (κ1) is 12.5. The van der Waals surface area contributed by atoms with E-state index in [2.05, 4.69) is 15.4 Å². The Labute approximate surface area is 106 Å². The number of benzene rings is 1. The lowest BCUT2D eigenvalue weighted by Crippen LogP contribution is -2.12. The van der Waals surface area contributed by atoms with Gasteiger partial charge in [-0.3, -0.25) is 0 Å². The maximum absolute atomic E-state index is 5.40. The first-order valence-electron chi connectivity index (χ1n) is 5.68. The van der Waals surface area contributed by atoms with E-state index in [4.69, 9.17) is 10.6 Å². The van der Waals surface area contributed by atoms with E-state index < -0.39 is 0 Å². The van der Waals surface area contributed by atoms with Gasteiger partial charge in [-0.2, -0.15) is 0 Å². The zero-order valence-corrected chi connectivity index (χ0v) is 10.3. The molecule has 0 unspecified atom stereocenters. The van der Waals surface area contributed by atoms with Crippen LogP contribution in [0, 0.1) is 0 Å². The lowest BCUT2D eigenvalue weighted by atomic mass is 10.1. The Morgan fingerprint density at radius 3 is 2.67 bits per heavy atom. The van der Waals surface area contributed by atoms with Crippen LogP contribution in [-0.4, -0.2) is 17.1 Å². The monoisotopic (exact) mass is 244 g/mol. The van der Waals surface area contributed by atoms with E-state index in [0.717, 1.165) is 17.1 Å². The molecule has 5 nitrogen and oxygen atoms in total. The summed E-state index contributed by atoms with van der Waals surface area (Å²) in [7, 11) is 1.63. The number of nitrogens with two attached hydrogens (primary N) is 1. The first-order chi connectivity index (χ1) is 8.81. The molecule has 5 heteroatoms. The van der Waals surface area contributed by atoms with Gasteiger partial charge in [0.25, 0.3) is 0 Å². The molecule has 0 fully saturated rings. The lowest BCUT2D eigenvalue weighted by molar-refractivity contribution is 0.181. The Balaban J connectivity index is 2.24. The summed E-state index contributed by atoms with van der Waals surface area (Å²) >= 11 is 0. The molecule has 94 valence electrons. The molecule has 0 aliphatic carbocycles. The van der Waals surface area contributed by atoms with Crippen LogP contribution in [0.15, 0.2) is 36.4 Å². The van der Waals surface area contributed by atoms with Gasteiger partial charge in [0.05, 0.1) is 12.3 Å². The predicted octanol–water partition coefficient (Wildman–Crippen LogP) is 1.50. The molecule has 0 aliphatic rings. The number of ether oxygens (including phenoxy) is 1. The van der Waals surface area contributed by atoms with Crippen LogP contribution in [0.5, 0.6) is 0 Å². The third kappa shape index (κ3) is 3.26. The smallest absolute Gasteiger partial charge is 0.144 e. The van der Waals surface area contributed by atoms with Crippen molar-refractivity contribution in [1.82, 2.24) is 9.97 Å². The van der Waals surface area contributed by atoms with Crippen molar-refractivity contribution in [1.29, 1.82) is 0 Å². The number of hydrazine groups is 1. The molecule has 18 heavy (non-hydrogen) atoms. The summed E-state index contributed by atoms with van der Waals surface area (Å²) < 4.78 is 5.07. The van der Waals surface area contributed by atoms with Gasteiger partial charge in [0.2, 0.25) is 0 Å². The van der Waals surface area contributed by atoms with E-state index >= 15 is 0 Å². The largest absolute Gasteiger partial charge is 0.378 e. The highest BCUT2D eigenvalue weighted by atomic mass is 16.5. The number of aromatic nitrogens is 2. The molecular formula is C13H16N4O. The Hall–Kier alpha value is -1.98. The predicted molar refractivity (Wildman–Crippen MR) is 69.8 cm³/mol. The molecule has 2 aromatic rings. The summed E-state index contributed by atoms with van der Waals surface area (Å²) in [6.07, 6.45) is 0.674. The maximum Gasteiger partial charge on any atom is 0.144 e. The van der Waals surface area contributed by atoms with Crippen LogP contribution in [0.3, 0.4) is 0 Å². The molecule has 0 saturated carbocycles. The van der Waals surface area contributed by atoms with Crippen molar-refractivity contribution in [3.8, 4) is 0 Å². The first-order valence-corrected chi connectivity index (χ1v) is 5.68. The summed E-state index contributed by atoms with van der Waals surface area (Å²) in [4.78, 5) is 8.76. The molecule has 0 amide bonds. The third-order valence-electron chi connectivity index (χ3n) is 2.47. The molecule has 1 heterocycles. The number of hydrogen-bond donors (Lipinski definition) is 2. The van der Waals surface area contributed by atoms with Gasteiger partial charge in [0, 0.05) is 19.6 Å². The summed E-state index contributed by atoms with van der Waals surface area (Å²) in [6.45, 7) is 0.443. The molecule has 1 aromatic heterocycles. The van der Waals surface area contributed by atoms with Crippen LogP contribution in [0.2, 0.25) is 0 Å². The molecule has 0 saturated heterocycles. The fourth-order valence-corrected chi connectivity index (χ4v) is 1.71. The van der Waals surface area contributed by atoms with E-state index in [1.807, 2.05) is 30.3 Å². The van der Waals surface area contributed by atoms with Gasteiger partial charge in [0.1, 0.15) is 11.6 Å². The van der Waals surface area contributed by atoms with E-state index in [-0.39, 0.29) is 0 Å². The number of hydrogen-bond acceptors (Lipinski definition) is 5. The van der Waals surface area contributed by atoms with Gasteiger partial charge in [-0.15, -0.1) is 0 Å². The van der Waals surface area contributed by atoms with Crippen molar-refractivity contribution in [3.05, 3.63) is 53.5 Å². The minimum atomic E-state index is 0.443. The van der Waals surface area contributed by atoms with E-state index in [0.29, 0.717) is 18.8 Å². The zero-order valence-electron chi connectivity index (χ0n) is 10.3. The minimum Gasteiger partial charge on any atom is -0.378 e. The number of nitrogen functional groups attached to an aromatic ring is 1. The average Bonchev–Trinajstić information content (AvgIpc) is 2.40. The van der Waals surface area contributed by atoms with Crippen LogP contribution in [0.4, 0.5) is 5.82 Å². The molecular weight excluding hydrogens is 228 g/mol. The standard InChI is InChI=1S/C13H16N4O/c1-18-9-11-8-13(17-14)16-12(15-11)7-10-5-3-2-4-6-10/h2-6,8H,7,9,14H2,1H3,(H,15,16,17). The number of nitrogens with one attached hydrogen (secondary N) is 1. The number of methoxy groups -OCH3 is 1. The Morgan fingerprint density at radius 1 is 1.22 bits per heavy atom. The van der Waals surface area contributed by atoms with Crippen molar-refractivity contribution in [2.75, 3.05) is 12.5 Å². The normalized spacial score (nSPS) is 10.3. The molecule has 0 radical (unpaired) electrons. The Kier molecular flexibility index (Phi) is 4.22. The molecule has 0 bridgehead atoms. The van der Waals surface area contributed by atoms with Gasteiger partial charge in [-0.1, -0.05) is 30.3 Å². The SMILES string of the molecule is COCc1cc(NN)nc(Cc2ccccc2)n1. The Bertz CT molecular complexity index is 502. The highest BCUT2D eigenvalue weighted by molar-refractivity contribution is 5.35. The summed E-state index contributed by atoms with van der Waals surface area (Å²) in [5.41, 5.74) is 4.52. The fourth-order valence-electron chi connectivity index (χ4n) is 1.71. The van der Waals surface area contributed by atoms with Gasteiger partial charge in [0.15, 0.2) is 0 Å². The highest BCUT2D eigenvalue weighted by Crippen LogP contribution is 2.10. The molecule has 3 N–H and O–H groups in total.